The fourth-order valence-corrected chi connectivity index (χ4v) is 2.42. The summed E-state index contributed by atoms with van der Waals surface area (Å²) in [6.45, 7) is 5.56. The van der Waals surface area contributed by atoms with Crippen molar-refractivity contribution in [3.63, 3.8) is 0 Å². The number of carbonyl (C=O) groups excluding carboxylic acids is 1. The van der Waals surface area contributed by atoms with Crippen LogP contribution < -0.4 is 10.6 Å². The van der Waals surface area contributed by atoms with E-state index >= 15 is 0 Å². The maximum Gasteiger partial charge on any atom is 0.412 e. The van der Waals surface area contributed by atoms with E-state index in [1.54, 1.807) is 0 Å². The first kappa shape index (κ1) is 13.9. The standard InChI is InChI=1S/C15H22N2O2/c1-15(2,3)19-14(18)17-11-6-7-12-10(9-11)5-8-13(12)16-4/h6-7,9,13,16H,5,8H2,1-4H3,(H,17,18). The van der Waals surface area contributed by atoms with Crippen molar-refractivity contribution >= 4 is 11.8 Å². The molecule has 0 saturated carbocycles. The van der Waals surface area contributed by atoms with Crippen LogP contribution in [0.2, 0.25) is 0 Å². The number of carbonyl (C=O) groups is 1. The zero-order valence-corrected chi connectivity index (χ0v) is 12.0. The molecule has 104 valence electrons. The monoisotopic (exact) mass is 262 g/mol. The average Bonchev–Trinajstić information content (AvgIpc) is 2.68. The topological polar surface area (TPSA) is 50.4 Å². The van der Waals surface area contributed by atoms with Gasteiger partial charge in [-0.3, -0.25) is 5.32 Å². The Balaban J connectivity index is 2.06. The predicted molar refractivity (Wildman–Crippen MR) is 76.4 cm³/mol. The van der Waals surface area contributed by atoms with Crippen molar-refractivity contribution in [2.24, 2.45) is 0 Å². The molecule has 0 spiro atoms. The summed E-state index contributed by atoms with van der Waals surface area (Å²) in [6, 6.07) is 6.48. The third-order valence-corrected chi connectivity index (χ3v) is 3.21. The lowest BCUT2D eigenvalue weighted by Gasteiger charge is -2.20. The fraction of sp³-hybridized carbons (Fsp3) is 0.533. The van der Waals surface area contributed by atoms with E-state index in [-0.39, 0.29) is 0 Å². The summed E-state index contributed by atoms with van der Waals surface area (Å²) in [4.78, 5) is 11.7. The molecule has 4 heteroatoms. The fourth-order valence-electron chi connectivity index (χ4n) is 2.42. The number of fused-ring (bicyclic) bond motifs is 1. The number of benzene rings is 1. The molecule has 1 aliphatic rings. The molecule has 2 rings (SSSR count). The maximum absolute atomic E-state index is 11.7. The van der Waals surface area contributed by atoms with Gasteiger partial charge >= 0.3 is 6.09 Å². The van der Waals surface area contributed by atoms with Crippen molar-refractivity contribution in [1.29, 1.82) is 0 Å². The van der Waals surface area contributed by atoms with Gasteiger partial charge in [0, 0.05) is 11.7 Å². The Morgan fingerprint density at radius 1 is 1.37 bits per heavy atom. The minimum absolute atomic E-state index is 0.407. The number of anilines is 1. The highest BCUT2D eigenvalue weighted by Gasteiger charge is 2.22. The van der Waals surface area contributed by atoms with Gasteiger partial charge in [0.1, 0.15) is 5.60 Å². The number of hydrogen-bond acceptors (Lipinski definition) is 3. The summed E-state index contributed by atoms with van der Waals surface area (Å²) in [6.07, 6.45) is 1.75. The lowest BCUT2D eigenvalue weighted by atomic mass is 10.1. The number of hydrogen-bond donors (Lipinski definition) is 2. The van der Waals surface area contributed by atoms with Crippen molar-refractivity contribution in [2.75, 3.05) is 12.4 Å². The van der Waals surface area contributed by atoms with Crippen LogP contribution in [0.1, 0.15) is 44.4 Å². The van der Waals surface area contributed by atoms with E-state index < -0.39 is 11.7 Å². The lowest BCUT2D eigenvalue weighted by molar-refractivity contribution is 0.0636. The van der Waals surface area contributed by atoms with Gasteiger partial charge in [-0.25, -0.2) is 4.79 Å². The summed E-state index contributed by atoms with van der Waals surface area (Å²) in [7, 11) is 1.98. The molecule has 1 aromatic rings. The SMILES string of the molecule is CNC1CCc2cc(NC(=O)OC(C)(C)C)ccc21. The zero-order valence-electron chi connectivity index (χ0n) is 12.0. The molecule has 1 amide bonds. The number of nitrogens with one attached hydrogen (secondary N) is 2. The van der Waals surface area contributed by atoms with Gasteiger partial charge in [0.05, 0.1) is 0 Å². The van der Waals surface area contributed by atoms with E-state index in [4.69, 9.17) is 4.74 Å². The van der Waals surface area contributed by atoms with Crippen LogP contribution in [0, 0.1) is 0 Å². The smallest absolute Gasteiger partial charge is 0.412 e. The van der Waals surface area contributed by atoms with Gasteiger partial charge in [0.2, 0.25) is 0 Å². The molecule has 0 saturated heterocycles. The normalized spacial score (nSPS) is 18.0. The molecule has 4 nitrogen and oxygen atoms in total. The van der Waals surface area contributed by atoms with Gasteiger partial charge < -0.3 is 10.1 Å². The van der Waals surface area contributed by atoms with Crippen LogP contribution in [-0.2, 0) is 11.2 Å². The van der Waals surface area contributed by atoms with Gasteiger partial charge in [0.25, 0.3) is 0 Å². The Labute approximate surface area is 114 Å². The Bertz CT molecular complexity index is 478. The molecule has 1 unspecified atom stereocenters. The van der Waals surface area contributed by atoms with Crippen molar-refractivity contribution in [3.05, 3.63) is 29.3 Å². The Hall–Kier alpha value is -1.55. The van der Waals surface area contributed by atoms with Crippen LogP contribution >= 0.6 is 0 Å². The van der Waals surface area contributed by atoms with Crippen LogP contribution in [0.3, 0.4) is 0 Å². The highest BCUT2D eigenvalue weighted by molar-refractivity contribution is 5.85. The van der Waals surface area contributed by atoms with Gasteiger partial charge in [-0.05, 0) is 63.9 Å². The number of amides is 1. The van der Waals surface area contributed by atoms with Crippen LogP contribution in [0.4, 0.5) is 10.5 Å². The molecule has 0 bridgehead atoms. The predicted octanol–water partition coefficient (Wildman–Crippen LogP) is 3.24. The highest BCUT2D eigenvalue weighted by atomic mass is 16.6. The maximum atomic E-state index is 11.7. The number of rotatable bonds is 2. The van der Waals surface area contributed by atoms with Crippen molar-refractivity contribution in [1.82, 2.24) is 5.32 Å². The third-order valence-electron chi connectivity index (χ3n) is 3.21. The molecular weight excluding hydrogens is 240 g/mol. The van der Waals surface area contributed by atoms with Gasteiger partial charge in [-0.2, -0.15) is 0 Å². The van der Waals surface area contributed by atoms with Gasteiger partial charge in [0.15, 0.2) is 0 Å². The van der Waals surface area contributed by atoms with Crippen LogP contribution in [0.25, 0.3) is 0 Å². The third kappa shape index (κ3) is 3.47. The molecule has 0 radical (unpaired) electrons. The van der Waals surface area contributed by atoms with Crippen molar-refractivity contribution in [3.8, 4) is 0 Å². The first-order chi connectivity index (χ1) is 8.89. The molecule has 0 fully saturated rings. The second kappa shape index (κ2) is 5.21. The van der Waals surface area contributed by atoms with E-state index in [0.717, 1.165) is 18.5 Å². The molecule has 19 heavy (non-hydrogen) atoms. The minimum atomic E-state index is -0.474. The summed E-state index contributed by atoms with van der Waals surface area (Å²) in [5, 5.41) is 6.08. The Morgan fingerprint density at radius 3 is 2.74 bits per heavy atom. The van der Waals surface area contributed by atoms with Crippen molar-refractivity contribution < 1.29 is 9.53 Å². The van der Waals surface area contributed by atoms with Crippen LogP contribution in [-0.4, -0.2) is 18.7 Å². The first-order valence-electron chi connectivity index (χ1n) is 6.69. The van der Waals surface area contributed by atoms with Gasteiger partial charge in [-0.1, -0.05) is 6.07 Å². The average molecular weight is 262 g/mol. The largest absolute Gasteiger partial charge is 0.444 e. The number of ether oxygens (including phenoxy) is 1. The second-order valence-electron chi connectivity index (χ2n) is 5.92. The van der Waals surface area contributed by atoms with E-state index in [2.05, 4.69) is 16.7 Å². The summed E-state index contributed by atoms with van der Waals surface area (Å²) < 4.78 is 5.24. The summed E-state index contributed by atoms with van der Waals surface area (Å²) in [5.74, 6) is 0. The summed E-state index contributed by atoms with van der Waals surface area (Å²) in [5.41, 5.74) is 2.95. The lowest BCUT2D eigenvalue weighted by Crippen LogP contribution is -2.27. The quantitative estimate of drug-likeness (QED) is 0.860. The number of aryl methyl sites for hydroxylation is 1. The van der Waals surface area contributed by atoms with E-state index in [1.165, 1.54) is 11.1 Å². The molecule has 0 aliphatic heterocycles. The molecule has 1 aliphatic carbocycles. The Morgan fingerprint density at radius 2 is 2.11 bits per heavy atom. The molecule has 1 aromatic carbocycles. The first-order valence-corrected chi connectivity index (χ1v) is 6.69. The molecule has 1 atom stereocenters. The van der Waals surface area contributed by atoms with Crippen LogP contribution in [0.15, 0.2) is 18.2 Å². The molecule has 0 aromatic heterocycles. The Kier molecular flexibility index (Phi) is 3.80. The zero-order chi connectivity index (χ0) is 14.0. The van der Waals surface area contributed by atoms with E-state index in [0.29, 0.717) is 6.04 Å². The van der Waals surface area contributed by atoms with Gasteiger partial charge in [-0.15, -0.1) is 0 Å². The highest BCUT2D eigenvalue weighted by Crippen LogP contribution is 2.32. The molecule has 2 N–H and O–H groups in total. The minimum Gasteiger partial charge on any atom is -0.444 e. The second-order valence-corrected chi connectivity index (χ2v) is 5.92. The van der Waals surface area contributed by atoms with E-state index in [9.17, 15) is 4.79 Å². The molecule has 0 heterocycles. The van der Waals surface area contributed by atoms with Crippen molar-refractivity contribution in [2.45, 2.75) is 45.3 Å². The van der Waals surface area contributed by atoms with E-state index in [1.807, 2.05) is 40.0 Å². The molecular formula is C15H22N2O2. The van der Waals surface area contributed by atoms with Crippen LogP contribution in [0.5, 0.6) is 0 Å². The summed E-state index contributed by atoms with van der Waals surface area (Å²) >= 11 is 0.